The van der Waals surface area contributed by atoms with Crippen LogP contribution < -0.4 is 10.1 Å². The molecule has 0 spiro atoms. The molecule has 0 saturated carbocycles. The number of ether oxygens (including phenoxy) is 1. The van der Waals surface area contributed by atoms with E-state index in [4.69, 9.17) is 16.3 Å². The maximum Gasteiger partial charge on any atom is 0.227 e. The van der Waals surface area contributed by atoms with E-state index in [1.54, 1.807) is 0 Å². The first kappa shape index (κ1) is 15.6. The molecule has 0 fully saturated rings. The van der Waals surface area contributed by atoms with Crippen molar-refractivity contribution in [3.8, 4) is 11.6 Å². The molecule has 0 aliphatic heterocycles. The largest absolute Gasteiger partial charge is 0.438 e. The van der Waals surface area contributed by atoms with Crippen molar-refractivity contribution >= 4 is 17.4 Å². The fourth-order valence-corrected chi connectivity index (χ4v) is 2.26. The number of aromatic nitrogens is 2. The van der Waals surface area contributed by atoms with Gasteiger partial charge >= 0.3 is 0 Å². The standard InChI is InChI=1S/C16H20ClN3O/c1-4-8-18-15-13(5-2)16(20-10-19-15)21-14-7-6-12(17)9-11(14)3/h6-7,9-10H,4-5,8H2,1-3H3,(H,18,19,20). The maximum atomic E-state index is 5.97. The summed E-state index contributed by atoms with van der Waals surface area (Å²) >= 11 is 5.97. The molecule has 0 aliphatic rings. The van der Waals surface area contributed by atoms with Gasteiger partial charge in [-0.1, -0.05) is 25.4 Å². The SMILES string of the molecule is CCCNc1ncnc(Oc2ccc(Cl)cc2C)c1CC. The van der Waals surface area contributed by atoms with Crippen molar-refractivity contribution in [2.75, 3.05) is 11.9 Å². The molecule has 1 aromatic carbocycles. The fourth-order valence-electron chi connectivity index (χ4n) is 2.03. The Morgan fingerprint density at radius 3 is 2.71 bits per heavy atom. The summed E-state index contributed by atoms with van der Waals surface area (Å²) in [5.41, 5.74) is 1.96. The van der Waals surface area contributed by atoms with Gasteiger partial charge in [0.2, 0.25) is 5.88 Å². The van der Waals surface area contributed by atoms with Crippen molar-refractivity contribution in [2.24, 2.45) is 0 Å². The summed E-state index contributed by atoms with van der Waals surface area (Å²) in [6, 6.07) is 5.55. The Kier molecular flexibility index (Phi) is 5.39. The Hall–Kier alpha value is -1.81. The average molecular weight is 306 g/mol. The van der Waals surface area contributed by atoms with Gasteiger partial charge in [-0.05, 0) is 43.5 Å². The zero-order chi connectivity index (χ0) is 15.2. The molecule has 21 heavy (non-hydrogen) atoms. The fraction of sp³-hybridized carbons (Fsp3) is 0.375. The minimum Gasteiger partial charge on any atom is -0.438 e. The summed E-state index contributed by atoms with van der Waals surface area (Å²) in [4.78, 5) is 8.57. The Morgan fingerprint density at radius 1 is 1.24 bits per heavy atom. The smallest absolute Gasteiger partial charge is 0.227 e. The molecule has 0 bridgehead atoms. The van der Waals surface area contributed by atoms with Crippen molar-refractivity contribution in [3.05, 3.63) is 40.7 Å². The molecule has 1 N–H and O–H groups in total. The molecule has 1 heterocycles. The molecular formula is C16H20ClN3O. The lowest BCUT2D eigenvalue weighted by molar-refractivity contribution is 0.452. The van der Waals surface area contributed by atoms with E-state index < -0.39 is 0 Å². The van der Waals surface area contributed by atoms with E-state index in [1.807, 2.05) is 25.1 Å². The van der Waals surface area contributed by atoms with Crippen LogP contribution in [-0.2, 0) is 6.42 Å². The predicted molar refractivity (Wildman–Crippen MR) is 86.5 cm³/mol. The highest BCUT2D eigenvalue weighted by Crippen LogP contribution is 2.30. The van der Waals surface area contributed by atoms with E-state index in [0.29, 0.717) is 10.9 Å². The maximum absolute atomic E-state index is 5.97. The summed E-state index contributed by atoms with van der Waals surface area (Å²) in [6.07, 6.45) is 3.37. The molecule has 0 aliphatic carbocycles. The van der Waals surface area contributed by atoms with Crippen LogP contribution in [0.25, 0.3) is 0 Å². The zero-order valence-corrected chi connectivity index (χ0v) is 13.4. The highest BCUT2D eigenvalue weighted by Gasteiger charge is 2.12. The van der Waals surface area contributed by atoms with E-state index in [0.717, 1.165) is 42.1 Å². The van der Waals surface area contributed by atoms with Gasteiger partial charge in [-0.25, -0.2) is 9.97 Å². The number of nitrogens with zero attached hydrogens (tertiary/aromatic N) is 2. The number of anilines is 1. The van der Waals surface area contributed by atoms with Gasteiger partial charge in [-0.15, -0.1) is 0 Å². The molecule has 5 heteroatoms. The molecule has 1 aromatic heterocycles. The number of hydrogen-bond acceptors (Lipinski definition) is 4. The molecule has 0 amide bonds. The normalized spacial score (nSPS) is 10.5. The minimum absolute atomic E-state index is 0.594. The molecular weight excluding hydrogens is 286 g/mol. The van der Waals surface area contributed by atoms with Gasteiger partial charge in [0.1, 0.15) is 17.9 Å². The lowest BCUT2D eigenvalue weighted by Gasteiger charge is -2.14. The van der Waals surface area contributed by atoms with Gasteiger partial charge in [-0.3, -0.25) is 0 Å². The van der Waals surface area contributed by atoms with Crippen molar-refractivity contribution in [3.63, 3.8) is 0 Å². The average Bonchev–Trinajstić information content (AvgIpc) is 2.48. The van der Waals surface area contributed by atoms with Crippen molar-refractivity contribution in [2.45, 2.75) is 33.6 Å². The minimum atomic E-state index is 0.594. The number of benzene rings is 1. The monoisotopic (exact) mass is 305 g/mol. The van der Waals surface area contributed by atoms with E-state index in [2.05, 4.69) is 29.1 Å². The molecule has 4 nitrogen and oxygen atoms in total. The van der Waals surface area contributed by atoms with Gasteiger partial charge in [-0.2, -0.15) is 0 Å². The van der Waals surface area contributed by atoms with Gasteiger partial charge < -0.3 is 10.1 Å². The Balaban J connectivity index is 2.30. The van der Waals surface area contributed by atoms with Crippen molar-refractivity contribution < 1.29 is 4.74 Å². The van der Waals surface area contributed by atoms with Crippen LogP contribution >= 0.6 is 11.6 Å². The quantitative estimate of drug-likeness (QED) is 0.846. The van der Waals surface area contributed by atoms with Crippen LogP contribution in [0.15, 0.2) is 24.5 Å². The van der Waals surface area contributed by atoms with Gasteiger partial charge in [0.25, 0.3) is 0 Å². The Morgan fingerprint density at radius 2 is 2.05 bits per heavy atom. The van der Waals surface area contributed by atoms with Crippen LogP contribution in [0.1, 0.15) is 31.4 Å². The van der Waals surface area contributed by atoms with E-state index in [-0.39, 0.29) is 0 Å². The van der Waals surface area contributed by atoms with Crippen molar-refractivity contribution in [1.82, 2.24) is 9.97 Å². The number of aryl methyl sites for hydroxylation is 1. The third-order valence-corrected chi connectivity index (χ3v) is 3.38. The summed E-state index contributed by atoms with van der Waals surface area (Å²) in [5, 5.41) is 4.01. The first-order chi connectivity index (χ1) is 10.2. The van der Waals surface area contributed by atoms with Crippen LogP contribution in [0.3, 0.4) is 0 Å². The number of nitrogens with one attached hydrogen (secondary N) is 1. The van der Waals surface area contributed by atoms with Crippen LogP contribution in [0.4, 0.5) is 5.82 Å². The summed E-state index contributed by atoms with van der Waals surface area (Å²) in [5.74, 6) is 2.20. The van der Waals surface area contributed by atoms with Gasteiger partial charge in [0.15, 0.2) is 0 Å². The molecule has 112 valence electrons. The van der Waals surface area contributed by atoms with E-state index in [9.17, 15) is 0 Å². The van der Waals surface area contributed by atoms with Crippen LogP contribution in [0.5, 0.6) is 11.6 Å². The van der Waals surface area contributed by atoms with E-state index >= 15 is 0 Å². The van der Waals surface area contributed by atoms with Gasteiger partial charge in [0.05, 0.1) is 5.56 Å². The van der Waals surface area contributed by atoms with Crippen LogP contribution in [0, 0.1) is 6.92 Å². The van der Waals surface area contributed by atoms with Crippen LogP contribution in [0.2, 0.25) is 5.02 Å². The Bertz CT molecular complexity index is 616. The second-order valence-corrected chi connectivity index (χ2v) is 5.23. The number of hydrogen-bond donors (Lipinski definition) is 1. The lowest BCUT2D eigenvalue weighted by Crippen LogP contribution is -2.07. The summed E-state index contributed by atoms with van der Waals surface area (Å²) in [7, 11) is 0. The molecule has 0 unspecified atom stereocenters. The van der Waals surface area contributed by atoms with Gasteiger partial charge in [0, 0.05) is 11.6 Å². The predicted octanol–water partition coefficient (Wildman–Crippen LogP) is 4.62. The molecule has 2 rings (SSSR count). The number of rotatable bonds is 6. The second kappa shape index (κ2) is 7.27. The molecule has 0 radical (unpaired) electrons. The number of halogens is 1. The van der Waals surface area contributed by atoms with Crippen molar-refractivity contribution in [1.29, 1.82) is 0 Å². The molecule has 2 aromatic rings. The first-order valence-electron chi connectivity index (χ1n) is 7.17. The highest BCUT2D eigenvalue weighted by atomic mass is 35.5. The third kappa shape index (κ3) is 3.85. The highest BCUT2D eigenvalue weighted by molar-refractivity contribution is 6.30. The molecule has 0 atom stereocenters. The topological polar surface area (TPSA) is 47.0 Å². The lowest BCUT2D eigenvalue weighted by atomic mass is 10.2. The summed E-state index contributed by atoms with van der Waals surface area (Å²) in [6.45, 7) is 7.03. The molecule has 0 saturated heterocycles. The second-order valence-electron chi connectivity index (χ2n) is 4.80. The first-order valence-corrected chi connectivity index (χ1v) is 7.55. The Labute approximate surface area is 130 Å². The van der Waals surface area contributed by atoms with Crippen LogP contribution in [-0.4, -0.2) is 16.5 Å². The zero-order valence-electron chi connectivity index (χ0n) is 12.6. The summed E-state index contributed by atoms with van der Waals surface area (Å²) < 4.78 is 5.96. The van der Waals surface area contributed by atoms with E-state index in [1.165, 1.54) is 6.33 Å². The third-order valence-electron chi connectivity index (χ3n) is 3.15.